The van der Waals surface area contributed by atoms with Gasteiger partial charge in [-0.25, -0.2) is 0 Å². The molecule has 1 unspecified atom stereocenters. The summed E-state index contributed by atoms with van der Waals surface area (Å²) in [5.74, 6) is 1.82. The standard InChI is InChI=1S/C18H22ClN5O/c19-14-8-7-12(21-18(25)15-5-4-9-20-15)11-13(14)17-23-22-16-6-2-1-3-10-24(16)17/h7-8,11,15,20H,1-6,9-10H2,(H,21,25). The van der Waals surface area contributed by atoms with Crippen molar-refractivity contribution in [2.45, 2.75) is 51.1 Å². The van der Waals surface area contributed by atoms with Crippen LogP contribution in [-0.2, 0) is 17.8 Å². The average molecular weight is 360 g/mol. The van der Waals surface area contributed by atoms with E-state index < -0.39 is 0 Å². The highest BCUT2D eigenvalue weighted by Crippen LogP contribution is 2.31. The van der Waals surface area contributed by atoms with Gasteiger partial charge in [-0.05, 0) is 50.4 Å². The van der Waals surface area contributed by atoms with Crippen LogP contribution in [0, 0.1) is 0 Å². The normalized spacial score (nSPS) is 20.1. The lowest BCUT2D eigenvalue weighted by Crippen LogP contribution is -2.35. The number of nitrogens with zero attached hydrogens (tertiary/aromatic N) is 3. The molecule has 1 aromatic carbocycles. The summed E-state index contributed by atoms with van der Waals surface area (Å²) in [7, 11) is 0. The minimum absolute atomic E-state index is 0.00541. The molecule has 0 saturated carbocycles. The number of rotatable bonds is 3. The van der Waals surface area contributed by atoms with Gasteiger partial charge in [0.25, 0.3) is 0 Å². The van der Waals surface area contributed by atoms with Crippen molar-refractivity contribution in [2.24, 2.45) is 0 Å². The maximum atomic E-state index is 12.3. The number of nitrogens with one attached hydrogen (secondary N) is 2. The van der Waals surface area contributed by atoms with Gasteiger partial charge in [0, 0.05) is 24.2 Å². The Hall–Kier alpha value is -1.92. The van der Waals surface area contributed by atoms with Crippen molar-refractivity contribution < 1.29 is 4.79 Å². The van der Waals surface area contributed by atoms with E-state index >= 15 is 0 Å². The molecule has 0 aliphatic carbocycles. The van der Waals surface area contributed by atoms with Crippen LogP contribution in [0.15, 0.2) is 18.2 Å². The predicted molar refractivity (Wildman–Crippen MR) is 97.7 cm³/mol. The van der Waals surface area contributed by atoms with Crippen molar-refractivity contribution >= 4 is 23.2 Å². The SMILES string of the molecule is O=C(Nc1ccc(Cl)c(-c2nnc3n2CCCCC3)c1)C1CCCN1. The predicted octanol–water partition coefficient (Wildman–Crippen LogP) is 3.02. The van der Waals surface area contributed by atoms with Gasteiger partial charge in [-0.2, -0.15) is 0 Å². The zero-order chi connectivity index (χ0) is 17.2. The van der Waals surface area contributed by atoms with Crippen molar-refractivity contribution in [2.75, 3.05) is 11.9 Å². The summed E-state index contributed by atoms with van der Waals surface area (Å²) in [4.78, 5) is 12.3. The van der Waals surface area contributed by atoms with Crippen molar-refractivity contribution in [1.82, 2.24) is 20.1 Å². The molecule has 132 valence electrons. The summed E-state index contributed by atoms with van der Waals surface area (Å²) in [5, 5.41) is 15.5. The molecule has 0 radical (unpaired) electrons. The average Bonchev–Trinajstić information content (AvgIpc) is 3.22. The molecule has 2 aromatic rings. The molecule has 2 N–H and O–H groups in total. The Morgan fingerprint density at radius 1 is 1.24 bits per heavy atom. The highest BCUT2D eigenvalue weighted by molar-refractivity contribution is 6.33. The largest absolute Gasteiger partial charge is 0.325 e. The van der Waals surface area contributed by atoms with E-state index in [4.69, 9.17) is 11.6 Å². The Bertz CT molecular complexity index is 782. The van der Waals surface area contributed by atoms with E-state index in [1.807, 2.05) is 18.2 Å². The van der Waals surface area contributed by atoms with Gasteiger partial charge in [0.2, 0.25) is 5.91 Å². The number of carbonyl (C=O) groups excluding carboxylic acids is 1. The van der Waals surface area contributed by atoms with E-state index in [0.717, 1.165) is 68.1 Å². The topological polar surface area (TPSA) is 71.8 Å². The molecular formula is C18H22ClN5O. The van der Waals surface area contributed by atoms with Gasteiger partial charge in [0.1, 0.15) is 5.82 Å². The second-order valence-corrected chi connectivity index (χ2v) is 7.14. The zero-order valence-electron chi connectivity index (χ0n) is 14.1. The molecule has 0 bridgehead atoms. The van der Waals surface area contributed by atoms with Gasteiger partial charge in [0.15, 0.2) is 5.82 Å². The van der Waals surface area contributed by atoms with Crippen molar-refractivity contribution in [3.8, 4) is 11.4 Å². The molecule has 0 spiro atoms. The quantitative estimate of drug-likeness (QED) is 0.883. The lowest BCUT2D eigenvalue weighted by molar-refractivity contribution is -0.117. The van der Waals surface area contributed by atoms with Crippen LogP contribution < -0.4 is 10.6 Å². The Labute approximate surface area is 152 Å². The fourth-order valence-corrected chi connectivity index (χ4v) is 3.80. The number of anilines is 1. The van der Waals surface area contributed by atoms with Crippen molar-refractivity contribution in [3.05, 3.63) is 29.0 Å². The van der Waals surface area contributed by atoms with Crippen LogP contribution in [0.4, 0.5) is 5.69 Å². The lowest BCUT2D eigenvalue weighted by atomic mass is 10.1. The molecule has 1 aromatic heterocycles. The Kier molecular flexibility index (Phi) is 4.72. The van der Waals surface area contributed by atoms with Crippen LogP contribution in [-0.4, -0.2) is 33.3 Å². The van der Waals surface area contributed by atoms with Gasteiger partial charge >= 0.3 is 0 Å². The van der Waals surface area contributed by atoms with Crippen LogP contribution in [0.3, 0.4) is 0 Å². The summed E-state index contributed by atoms with van der Waals surface area (Å²) in [5.41, 5.74) is 1.56. The molecule has 2 aliphatic heterocycles. The van der Waals surface area contributed by atoms with Crippen LogP contribution in [0.25, 0.3) is 11.4 Å². The zero-order valence-corrected chi connectivity index (χ0v) is 14.9. The maximum absolute atomic E-state index is 12.3. The monoisotopic (exact) mass is 359 g/mol. The number of carbonyl (C=O) groups is 1. The Balaban J connectivity index is 1.62. The Morgan fingerprint density at radius 3 is 3.00 bits per heavy atom. The second kappa shape index (κ2) is 7.14. The van der Waals surface area contributed by atoms with Gasteiger partial charge < -0.3 is 15.2 Å². The third kappa shape index (κ3) is 3.41. The van der Waals surface area contributed by atoms with Gasteiger partial charge in [-0.15, -0.1) is 10.2 Å². The smallest absolute Gasteiger partial charge is 0.241 e. The lowest BCUT2D eigenvalue weighted by Gasteiger charge is -2.13. The summed E-state index contributed by atoms with van der Waals surface area (Å²) in [6, 6.07) is 5.44. The fourth-order valence-electron chi connectivity index (χ4n) is 3.60. The van der Waals surface area contributed by atoms with E-state index in [-0.39, 0.29) is 11.9 Å². The summed E-state index contributed by atoms with van der Waals surface area (Å²) < 4.78 is 2.17. The number of amides is 1. The molecule has 1 saturated heterocycles. The highest BCUT2D eigenvalue weighted by Gasteiger charge is 2.23. The summed E-state index contributed by atoms with van der Waals surface area (Å²) >= 11 is 6.43. The van der Waals surface area contributed by atoms with Crippen LogP contribution >= 0.6 is 11.6 Å². The molecule has 4 rings (SSSR count). The van der Waals surface area contributed by atoms with Crippen molar-refractivity contribution in [3.63, 3.8) is 0 Å². The first-order valence-electron chi connectivity index (χ1n) is 8.98. The first-order chi connectivity index (χ1) is 12.2. The van der Waals surface area contributed by atoms with Crippen molar-refractivity contribution in [1.29, 1.82) is 0 Å². The number of aromatic nitrogens is 3. The Morgan fingerprint density at radius 2 is 2.16 bits per heavy atom. The number of hydrogen-bond donors (Lipinski definition) is 2. The number of halogens is 1. The van der Waals surface area contributed by atoms with Gasteiger partial charge in [-0.3, -0.25) is 4.79 Å². The molecule has 1 atom stereocenters. The molecule has 3 heterocycles. The van der Waals surface area contributed by atoms with Gasteiger partial charge in [0.05, 0.1) is 11.1 Å². The molecular weight excluding hydrogens is 338 g/mol. The van der Waals surface area contributed by atoms with E-state index in [2.05, 4.69) is 25.4 Å². The van der Waals surface area contributed by atoms with E-state index in [9.17, 15) is 4.79 Å². The molecule has 7 heteroatoms. The molecule has 25 heavy (non-hydrogen) atoms. The first-order valence-corrected chi connectivity index (χ1v) is 9.36. The molecule has 1 amide bonds. The summed E-state index contributed by atoms with van der Waals surface area (Å²) in [6.07, 6.45) is 6.35. The highest BCUT2D eigenvalue weighted by atomic mass is 35.5. The third-order valence-electron chi connectivity index (χ3n) is 4.96. The minimum Gasteiger partial charge on any atom is -0.325 e. The molecule has 1 fully saturated rings. The van der Waals surface area contributed by atoms with E-state index in [1.165, 1.54) is 6.42 Å². The molecule has 6 nitrogen and oxygen atoms in total. The first kappa shape index (κ1) is 16.5. The number of fused-ring (bicyclic) bond motifs is 1. The fraction of sp³-hybridized carbons (Fsp3) is 0.500. The second-order valence-electron chi connectivity index (χ2n) is 6.73. The van der Waals surface area contributed by atoms with Crippen LogP contribution in [0.2, 0.25) is 5.02 Å². The van der Waals surface area contributed by atoms with E-state index in [0.29, 0.717) is 5.02 Å². The third-order valence-corrected chi connectivity index (χ3v) is 5.29. The molecule has 2 aliphatic rings. The number of benzene rings is 1. The maximum Gasteiger partial charge on any atom is 0.241 e. The van der Waals surface area contributed by atoms with Gasteiger partial charge in [-0.1, -0.05) is 18.0 Å². The number of aryl methyl sites for hydroxylation is 1. The summed E-state index contributed by atoms with van der Waals surface area (Å²) in [6.45, 7) is 1.81. The van der Waals surface area contributed by atoms with E-state index in [1.54, 1.807) is 0 Å². The minimum atomic E-state index is -0.108. The van der Waals surface area contributed by atoms with Crippen LogP contribution in [0.1, 0.15) is 37.9 Å². The number of hydrogen-bond acceptors (Lipinski definition) is 4. The van der Waals surface area contributed by atoms with Crippen LogP contribution in [0.5, 0.6) is 0 Å².